The van der Waals surface area contributed by atoms with Gasteiger partial charge in [-0.25, -0.2) is 0 Å². The Morgan fingerprint density at radius 2 is 2.15 bits per heavy atom. The molecule has 1 atom stereocenters. The number of hydrogen-bond acceptors (Lipinski definition) is 2. The lowest BCUT2D eigenvalue weighted by atomic mass is 10.1. The maximum Gasteiger partial charge on any atom is 0.00797 e. The van der Waals surface area contributed by atoms with Gasteiger partial charge in [0, 0.05) is 6.04 Å². The van der Waals surface area contributed by atoms with Gasteiger partial charge in [0.2, 0.25) is 0 Å². The van der Waals surface area contributed by atoms with Crippen LogP contribution in [-0.4, -0.2) is 37.1 Å². The van der Waals surface area contributed by atoms with E-state index in [-0.39, 0.29) is 0 Å². The third-order valence-electron chi connectivity index (χ3n) is 2.94. The third kappa shape index (κ3) is 4.10. The molecule has 1 aliphatic heterocycles. The summed E-state index contributed by atoms with van der Waals surface area (Å²) in [5.74, 6) is 0. The van der Waals surface area contributed by atoms with E-state index in [0.717, 1.165) is 6.04 Å². The molecule has 0 aromatic heterocycles. The fraction of sp³-hybridized carbons (Fsp3) is 1.00. The van der Waals surface area contributed by atoms with Crippen LogP contribution in [0.25, 0.3) is 0 Å². The maximum atomic E-state index is 3.55. The summed E-state index contributed by atoms with van der Waals surface area (Å²) in [7, 11) is 0. The lowest BCUT2D eigenvalue weighted by Crippen LogP contribution is -2.31. The first-order valence-electron chi connectivity index (χ1n) is 5.82. The summed E-state index contributed by atoms with van der Waals surface area (Å²) in [6.45, 7) is 9.52. The first-order valence-corrected chi connectivity index (χ1v) is 5.82. The summed E-state index contributed by atoms with van der Waals surface area (Å²) in [6, 6.07) is 0.811. The molecule has 0 radical (unpaired) electrons. The molecule has 0 unspecified atom stereocenters. The van der Waals surface area contributed by atoms with E-state index in [0.29, 0.717) is 0 Å². The van der Waals surface area contributed by atoms with Gasteiger partial charge in [-0.3, -0.25) is 0 Å². The zero-order chi connectivity index (χ0) is 9.52. The average molecular weight is 184 g/mol. The standard InChI is InChI=1S/C11H24N2/c1-3-9-13(4-2)10-7-11-6-5-8-12-11/h11-12H,3-10H2,1-2H3/t11-/m0/s1. The normalized spacial score (nSPS) is 22.8. The second kappa shape index (κ2) is 6.39. The Labute approximate surface area is 82.7 Å². The van der Waals surface area contributed by atoms with Gasteiger partial charge in [-0.15, -0.1) is 0 Å². The van der Waals surface area contributed by atoms with Crippen molar-refractivity contribution in [3.8, 4) is 0 Å². The van der Waals surface area contributed by atoms with Gasteiger partial charge < -0.3 is 10.2 Å². The highest BCUT2D eigenvalue weighted by molar-refractivity contribution is 4.75. The second-order valence-corrected chi connectivity index (χ2v) is 4.02. The average Bonchev–Trinajstić information content (AvgIpc) is 2.64. The Morgan fingerprint density at radius 1 is 1.31 bits per heavy atom. The Hall–Kier alpha value is -0.0800. The monoisotopic (exact) mass is 184 g/mol. The fourth-order valence-electron chi connectivity index (χ4n) is 2.09. The van der Waals surface area contributed by atoms with Crippen LogP contribution in [0.15, 0.2) is 0 Å². The predicted molar refractivity (Wildman–Crippen MR) is 58.0 cm³/mol. The van der Waals surface area contributed by atoms with E-state index in [9.17, 15) is 0 Å². The largest absolute Gasteiger partial charge is 0.314 e. The van der Waals surface area contributed by atoms with Gasteiger partial charge in [0.25, 0.3) is 0 Å². The highest BCUT2D eigenvalue weighted by Crippen LogP contribution is 2.09. The van der Waals surface area contributed by atoms with E-state index in [1.165, 1.54) is 51.9 Å². The molecule has 1 fully saturated rings. The second-order valence-electron chi connectivity index (χ2n) is 4.02. The summed E-state index contributed by atoms with van der Waals surface area (Å²) in [6.07, 6.45) is 5.40. The number of nitrogens with one attached hydrogen (secondary N) is 1. The van der Waals surface area contributed by atoms with Crippen LogP contribution in [-0.2, 0) is 0 Å². The number of rotatable bonds is 6. The highest BCUT2D eigenvalue weighted by atomic mass is 15.1. The van der Waals surface area contributed by atoms with Gasteiger partial charge in [-0.1, -0.05) is 13.8 Å². The Bertz CT molecular complexity index is 119. The molecule has 0 aromatic rings. The van der Waals surface area contributed by atoms with E-state index >= 15 is 0 Å². The molecule has 1 rings (SSSR count). The van der Waals surface area contributed by atoms with Crippen molar-refractivity contribution < 1.29 is 0 Å². The summed E-state index contributed by atoms with van der Waals surface area (Å²) in [5.41, 5.74) is 0. The topological polar surface area (TPSA) is 15.3 Å². The Kier molecular flexibility index (Phi) is 5.40. The minimum absolute atomic E-state index is 0.811. The van der Waals surface area contributed by atoms with Crippen LogP contribution in [0, 0.1) is 0 Å². The van der Waals surface area contributed by atoms with Crippen molar-refractivity contribution in [3.63, 3.8) is 0 Å². The van der Waals surface area contributed by atoms with Gasteiger partial charge in [0.15, 0.2) is 0 Å². The minimum atomic E-state index is 0.811. The molecule has 13 heavy (non-hydrogen) atoms. The van der Waals surface area contributed by atoms with Gasteiger partial charge in [-0.2, -0.15) is 0 Å². The molecular formula is C11H24N2. The van der Waals surface area contributed by atoms with E-state index < -0.39 is 0 Å². The van der Waals surface area contributed by atoms with Crippen molar-refractivity contribution in [2.75, 3.05) is 26.2 Å². The van der Waals surface area contributed by atoms with Gasteiger partial charge >= 0.3 is 0 Å². The van der Waals surface area contributed by atoms with Gasteiger partial charge in [0.05, 0.1) is 0 Å². The molecule has 0 aliphatic carbocycles. The van der Waals surface area contributed by atoms with Crippen molar-refractivity contribution in [3.05, 3.63) is 0 Å². The molecule has 0 saturated carbocycles. The number of nitrogens with zero attached hydrogens (tertiary/aromatic N) is 1. The van der Waals surface area contributed by atoms with Crippen LogP contribution >= 0.6 is 0 Å². The van der Waals surface area contributed by atoms with E-state index in [2.05, 4.69) is 24.1 Å². The third-order valence-corrected chi connectivity index (χ3v) is 2.94. The number of hydrogen-bond donors (Lipinski definition) is 1. The zero-order valence-electron chi connectivity index (χ0n) is 9.18. The van der Waals surface area contributed by atoms with E-state index in [1.54, 1.807) is 0 Å². The lowest BCUT2D eigenvalue weighted by Gasteiger charge is -2.21. The molecule has 0 bridgehead atoms. The quantitative estimate of drug-likeness (QED) is 0.678. The molecule has 2 heteroatoms. The summed E-state index contributed by atoms with van der Waals surface area (Å²) >= 11 is 0. The van der Waals surface area contributed by atoms with Crippen molar-refractivity contribution >= 4 is 0 Å². The first-order chi connectivity index (χ1) is 6.36. The van der Waals surface area contributed by atoms with Crippen molar-refractivity contribution in [2.45, 2.75) is 45.6 Å². The molecule has 1 N–H and O–H groups in total. The SMILES string of the molecule is CCCN(CC)CC[C@@H]1CCCN1. The van der Waals surface area contributed by atoms with Crippen molar-refractivity contribution in [2.24, 2.45) is 0 Å². The maximum absolute atomic E-state index is 3.55. The molecule has 0 spiro atoms. The molecule has 1 saturated heterocycles. The predicted octanol–water partition coefficient (Wildman–Crippen LogP) is 1.86. The van der Waals surface area contributed by atoms with Crippen LogP contribution in [0.1, 0.15) is 39.5 Å². The summed E-state index contributed by atoms with van der Waals surface area (Å²) in [5, 5.41) is 3.55. The molecule has 0 aromatic carbocycles. The molecule has 2 nitrogen and oxygen atoms in total. The van der Waals surface area contributed by atoms with Crippen LogP contribution in [0.4, 0.5) is 0 Å². The molecular weight excluding hydrogens is 160 g/mol. The molecule has 78 valence electrons. The molecule has 0 amide bonds. The fourth-order valence-corrected chi connectivity index (χ4v) is 2.09. The van der Waals surface area contributed by atoms with Crippen molar-refractivity contribution in [1.82, 2.24) is 10.2 Å². The van der Waals surface area contributed by atoms with Crippen LogP contribution in [0.5, 0.6) is 0 Å². The lowest BCUT2D eigenvalue weighted by molar-refractivity contribution is 0.273. The first kappa shape index (κ1) is 11.0. The summed E-state index contributed by atoms with van der Waals surface area (Å²) in [4.78, 5) is 2.56. The van der Waals surface area contributed by atoms with Crippen LogP contribution < -0.4 is 5.32 Å². The van der Waals surface area contributed by atoms with Gasteiger partial charge in [-0.05, 0) is 51.9 Å². The Balaban J connectivity index is 2.07. The van der Waals surface area contributed by atoms with E-state index in [4.69, 9.17) is 0 Å². The van der Waals surface area contributed by atoms with Crippen LogP contribution in [0.3, 0.4) is 0 Å². The van der Waals surface area contributed by atoms with Crippen molar-refractivity contribution in [1.29, 1.82) is 0 Å². The molecule has 1 heterocycles. The van der Waals surface area contributed by atoms with Gasteiger partial charge in [0.1, 0.15) is 0 Å². The Morgan fingerprint density at radius 3 is 2.69 bits per heavy atom. The summed E-state index contributed by atoms with van der Waals surface area (Å²) < 4.78 is 0. The highest BCUT2D eigenvalue weighted by Gasteiger charge is 2.14. The zero-order valence-corrected chi connectivity index (χ0v) is 9.18. The smallest absolute Gasteiger partial charge is 0.00797 e. The van der Waals surface area contributed by atoms with E-state index in [1.807, 2.05) is 0 Å². The molecule has 1 aliphatic rings. The van der Waals surface area contributed by atoms with Crippen LogP contribution in [0.2, 0.25) is 0 Å². The minimum Gasteiger partial charge on any atom is -0.314 e.